The van der Waals surface area contributed by atoms with Gasteiger partial charge in [0.15, 0.2) is 0 Å². The zero-order valence-corrected chi connectivity index (χ0v) is 20.1. The van der Waals surface area contributed by atoms with E-state index in [1.54, 1.807) is 4.90 Å². The number of carboxylic acids is 1. The number of aliphatic carboxylic acids is 1. The molecule has 8 nitrogen and oxygen atoms in total. The van der Waals surface area contributed by atoms with Gasteiger partial charge in [0.25, 0.3) is 0 Å². The molecule has 1 heterocycles. The first-order valence-electron chi connectivity index (χ1n) is 12.0. The van der Waals surface area contributed by atoms with Gasteiger partial charge in [-0.25, -0.2) is 4.79 Å². The van der Waals surface area contributed by atoms with E-state index in [4.69, 9.17) is 14.6 Å². The Morgan fingerprint density at radius 2 is 1.69 bits per heavy atom. The van der Waals surface area contributed by atoms with Gasteiger partial charge in [-0.3, -0.25) is 9.59 Å². The number of nitrogens with zero attached hydrogens (tertiary/aromatic N) is 1. The lowest BCUT2D eigenvalue weighted by atomic mass is 9.95. The number of carboxylic acid groups (broad SMARTS) is 1. The van der Waals surface area contributed by atoms with E-state index >= 15 is 0 Å². The van der Waals surface area contributed by atoms with Crippen LogP contribution in [0.2, 0.25) is 0 Å². The van der Waals surface area contributed by atoms with Crippen molar-refractivity contribution in [3.05, 3.63) is 59.7 Å². The van der Waals surface area contributed by atoms with Crippen molar-refractivity contribution in [2.45, 2.75) is 31.8 Å². The van der Waals surface area contributed by atoms with E-state index in [2.05, 4.69) is 29.6 Å². The van der Waals surface area contributed by atoms with Gasteiger partial charge in [-0.1, -0.05) is 55.5 Å². The van der Waals surface area contributed by atoms with E-state index in [0.717, 1.165) is 22.3 Å². The zero-order valence-electron chi connectivity index (χ0n) is 20.1. The van der Waals surface area contributed by atoms with Crippen molar-refractivity contribution >= 4 is 18.0 Å². The number of benzene rings is 2. The maximum Gasteiger partial charge on any atom is 0.407 e. The molecule has 2 aromatic carbocycles. The van der Waals surface area contributed by atoms with Crippen molar-refractivity contribution in [1.82, 2.24) is 10.2 Å². The number of carbonyl (C=O) groups is 3. The highest BCUT2D eigenvalue weighted by Crippen LogP contribution is 2.44. The number of ether oxygens (including phenoxy) is 2. The number of alkyl carbamates (subject to hydrolysis) is 1. The first-order valence-corrected chi connectivity index (χ1v) is 12.0. The molecule has 0 spiro atoms. The smallest absolute Gasteiger partial charge is 0.407 e. The number of nitrogens with one attached hydrogen (secondary N) is 1. The largest absolute Gasteiger partial charge is 0.481 e. The summed E-state index contributed by atoms with van der Waals surface area (Å²) in [5, 5.41) is 11.8. The van der Waals surface area contributed by atoms with Crippen LogP contribution >= 0.6 is 0 Å². The Labute approximate surface area is 205 Å². The molecule has 0 saturated carbocycles. The minimum absolute atomic E-state index is 0.0242. The number of likely N-dealkylation sites (tertiary alicyclic amines) is 1. The van der Waals surface area contributed by atoms with Crippen molar-refractivity contribution < 1.29 is 29.0 Å². The van der Waals surface area contributed by atoms with Gasteiger partial charge in [-0.2, -0.15) is 0 Å². The average molecular weight is 481 g/mol. The van der Waals surface area contributed by atoms with Crippen molar-refractivity contribution in [2.75, 3.05) is 33.4 Å². The average Bonchev–Trinajstić information content (AvgIpc) is 3.37. The number of carbonyl (C=O) groups excluding carboxylic acids is 2. The number of hydrogen-bond acceptors (Lipinski definition) is 5. The Morgan fingerprint density at radius 3 is 2.29 bits per heavy atom. The van der Waals surface area contributed by atoms with Crippen LogP contribution in [0.25, 0.3) is 11.1 Å². The quantitative estimate of drug-likeness (QED) is 0.569. The van der Waals surface area contributed by atoms with Crippen LogP contribution in [0.5, 0.6) is 0 Å². The fraction of sp³-hybridized carbons (Fsp3) is 0.444. The normalized spacial score (nSPS) is 19.7. The van der Waals surface area contributed by atoms with Gasteiger partial charge in [0, 0.05) is 32.7 Å². The van der Waals surface area contributed by atoms with Gasteiger partial charge in [0.05, 0.1) is 18.9 Å². The molecule has 0 aromatic heterocycles. The molecule has 35 heavy (non-hydrogen) atoms. The summed E-state index contributed by atoms with van der Waals surface area (Å²) < 4.78 is 11.0. The lowest BCUT2D eigenvalue weighted by Gasteiger charge is -2.21. The molecular formula is C27H32N2O6. The molecule has 2 aromatic rings. The second-order valence-electron chi connectivity index (χ2n) is 9.40. The molecule has 0 radical (unpaired) electrons. The Kier molecular flexibility index (Phi) is 7.70. The molecule has 1 saturated heterocycles. The Bertz CT molecular complexity index is 1040. The zero-order chi connectivity index (χ0) is 24.9. The molecule has 1 fully saturated rings. The molecule has 8 heteroatoms. The van der Waals surface area contributed by atoms with Crippen LogP contribution in [0.15, 0.2) is 48.5 Å². The van der Waals surface area contributed by atoms with Crippen molar-refractivity contribution in [3.63, 3.8) is 0 Å². The van der Waals surface area contributed by atoms with E-state index in [1.165, 1.54) is 7.11 Å². The monoisotopic (exact) mass is 480 g/mol. The molecule has 3 atom stereocenters. The second-order valence-corrected chi connectivity index (χ2v) is 9.40. The Balaban J connectivity index is 1.26. The minimum atomic E-state index is -0.849. The topological polar surface area (TPSA) is 105 Å². The van der Waals surface area contributed by atoms with Crippen molar-refractivity contribution in [3.8, 4) is 11.1 Å². The van der Waals surface area contributed by atoms with E-state index < -0.39 is 18.2 Å². The van der Waals surface area contributed by atoms with Gasteiger partial charge < -0.3 is 24.8 Å². The Morgan fingerprint density at radius 1 is 1.06 bits per heavy atom. The van der Waals surface area contributed by atoms with Crippen LogP contribution in [0.4, 0.5) is 4.79 Å². The summed E-state index contributed by atoms with van der Waals surface area (Å²) in [4.78, 5) is 37.9. The third-order valence-corrected chi connectivity index (χ3v) is 7.11. The second kappa shape index (κ2) is 10.9. The SMILES string of the molecule is COC(CNC(=O)OCC1c2ccccc2-c2ccccc21)CC(=O)N1CC(C)C(CC(=O)O)C1. The van der Waals surface area contributed by atoms with Gasteiger partial charge in [0.1, 0.15) is 6.61 Å². The molecule has 3 unspecified atom stereocenters. The standard InChI is InChI=1S/C27H32N2O6/c1-17-14-29(15-18(17)11-26(31)32)25(30)12-19(34-2)13-28-27(33)35-16-24-22-9-5-3-7-20(22)21-8-4-6-10-23(21)24/h3-10,17-19,24H,11-16H2,1-2H3,(H,28,33)(H,31,32). The molecule has 2 aliphatic rings. The summed E-state index contributed by atoms with van der Waals surface area (Å²) in [5.74, 6) is -0.889. The van der Waals surface area contributed by atoms with E-state index in [-0.39, 0.29) is 49.7 Å². The fourth-order valence-corrected chi connectivity index (χ4v) is 5.14. The molecule has 2 N–H and O–H groups in total. The first-order chi connectivity index (χ1) is 16.9. The van der Waals surface area contributed by atoms with Crippen LogP contribution in [0.1, 0.15) is 36.8 Å². The number of fused-ring (bicyclic) bond motifs is 3. The lowest BCUT2D eigenvalue weighted by Crippen LogP contribution is -2.38. The van der Waals surface area contributed by atoms with Crippen molar-refractivity contribution in [2.24, 2.45) is 11.8 Å². The third kappa shape index (κ3) is 5.65. The van der Waals surface area contributed by atoms with E-state index in [9.17, 15) is 14.4 Å². The van der Waals surface area contributed by atoms with Crippen LogP contribution in [-0.4, -0.2) is 67.4 Å². The maximum atomic E-state index is 12.7. The van der Waals surface area contributed by atoms with E-state index in [0.29, 0.717) is 13.1 Å². The third-order valence-electron chi connectivity index (χ3n) is 7.11. The summed E-state index contributed by atoms with van der Waals surface area (Å²) in [6, 6.07) is 16.3. The summed E-state index contributed by atoms with van der Waals surface area (Å²) in [7, 11) is 1.50. The molecule has 1 aliphatic carbocycles. The number of rotatable bonds is 9. The number of amides is 2. The molecule has 2 amide bonds. The highest BCUT2D eigenvalue weighted by atomic mass is 16.5. The van der Waals surface area contributed by atoms with E-state index in [1.807, 2.05) is 31.2 Å². The van der Waals surface area contributed by atoms with Crippen molar-refractivity contribution in [1.29, 1.82) is 0 Å². The first kappa shape index (κ1) is 24.7. The van der Waals surface area contributed by atoms with Crippen LogP contribution in [0.3, 0.4) is 0 Å². The molecular weight excluding hydrogens is 448 g/mol. The summed E-state index contributed by atoms with van der Waals surface area (Å²) >= 11 is 0. The highest BCUT2D eigenvalue weighted by molar-refractivity contribution is 5.79. The lowest BCUT2D eigenvalue weighted by molar-refractivity contribution is -0.139. The van der Waals surface area contributed by atoms with Gasteiger partial charge in [0.2, 0.25) is 5.91 Å². The molecule has 1 aliphatic heterocycles. The summed E-state index contributed by atoms with van der Waals surface area (Å²) in [6.45, 7) is 3.29. The van der Waals surface area contributed by atoms with Crippen LogP contribution < -0.4 is 5.32 Å². The summed E-state index contributed by atoms with van der Waals surface area (Å²) in [5.41, 5.74) is 4.61. The maximum absolute atomic E-state index is 12.7. The van der Waals surface area contributed by atoms with Gasteiger partial charge in [-0.15, -0.1) is 0 Å². The van der Waals surface area contributed by atoms with Crippen LogP contribution in [0, 0.1) is 11.8 Å². The fourth-order valence-electron chi connectivity index (χ4n) is 5.14. The van der Waals surface area contributed by atoms with Crippen LogP contribution in [-0.2, 0) is 19.1 Å². The van der Waals surface area contributed by atoms with Gasteiger partial charge >= 0.3 is 12.1 Å². The summed E-state index contributed by atoms with van der Waals surface area (Å²) in [6.07, 6.45) is -0.899. The molecule has 0 bridgehead atoms. The molecule has 186 valence electrons. The number of methoxy groups -OCH3 is 1. The Hall–Kier alpha value is -3.39. The highest BCUT2D eigenvalue weighted by Gasteiger charge is 2.34. The predicted octanol–water partition coefficient (Wildman–Crippen LogP) is 3.50. The number of hydrogen-bond donors (Lipinski definition) is 2. The minimum Gasteiger partial charge on any atom is -0.481 e. The van der Waals surface area contributed by atoms with Gasteiger partial charge in [-0.05, 0) is 34.1 Å². The predicted molar refractivity (Wildman–Crippen MR) is 130 cm³/mol. The molecule has 4 rings (SSSR count).